The molecule has 0 unspecified atom stereocenters. The van der Waals surface area contributed by atoms with Crippen LogP contribution in [0, 0.1) is 0 Å². The molecular weight excluding hydrogens is 112 g/mol. The third kappa shape index (κ3) is 0.332. The van der Waals surface area contributed by atoms with Gasteiger partial charge in [-0.2, -0.15) is 0 Å². The van der Waals surface area contributed by atoms with Crippen LogP contribution < -0.4 is 0 Å². The van der Waals surface area contributed by atoms with Crippen molar-refractivity contribution in [2.24, 2.45) is 0 Å². The topological polar surface area (TPSA) is 6.48 Å². The van der Waals surface area contributed by atoms with Gasteiger partial charge in [0.25, 0.3) is 0 Å². The van der Waals surface area contributed by atoms with E-state index in [1.165, 1.54) is 39.0 Å². The molecule has 0 bridgehead atoms. The van der Waals surface area contributed by atoms with Gasteiger partial charge in [0.2, 0.25) is 0 Å². The minimum atomic E-state index is 0.639. The predicted molar refractivity (Wildman–Crippen MR) is 35.1 cm³/mol. The Labute approximate surface area is 55.4 Å². The van der Waals surface area contributed by atoms with Gasteiger partial charge in [-0.1, -0.05) is 0 Å². The highest BCUT2D eigenvalue weighted by atomic mass is 15.5. The van der Waals surface area contributed by atoms with E-state index in [-0.39, 0.29) is 0 Å². The fourth-order valence-electron chi connectivity index (χ4n) is 2.58. The van der Waals surface area contributed by atoms with Crippen LogP contribution in [0.2, 0.25) is 0 Å². The van der Waals surface area contributed by atoms with E-state index in [1.807, 2.05) is 0 Å². The minimum absolute atomic E-state index is 0.639. The van der Waals surface area contributed by atoms with E-state index in [9.17, 15) is 0 Å². The van der Waals surface area contributed by atoms with Gasteiger partial charge in [-0.05, 0) is 12.8 Å². The third-order valence-electron chi connectivity index (χ3n) is 3.38. The van der Waals surface area contributed by atoms with Crippen molar-refractivity contribution in [3.8, 4) is 0 Å². The van der Waals surface area contributed by atoms with Crippen LogP contribution in [0.3, 0.4) is 0 Å². The molecule has 0 aromatic carbocycles. The van der Waals surface area contributed by atoms with E-state index < -0.39 is 0 Å². The first-order valence-corrected chi connectivity index (χ1v) is 3.92. The molecule has 9 heavy (non-hydrogen) atoms. The molecular formula is C7H12N2. The van der Waals surface area contributed by atoms with Crippen LogP contribution in [0.4, 0.5) is 0 Å². The van der Waals surface area contributed by atoms with Gasteiger partial charge in [-0.25, -0.2) is 0 Å². The van der Waals surface area contributed by atoms with E-state index >= 15 is 0 Å². The largest absolute Gasteiger partial charge is 0.284 e. The fraction of sp³-hybridized carbons (Fsp3) is 1.00. The minimum Gasteiger partial charge on any atom is -0.284 e. The third-order valence-corrected chi connectivity index (χ3v) is 3.38. The van der Waals surface area contributed by atoms with Crippen LogP contribution in [-0.4, -0.2) is 41.6 Å². The van der Waals surface area contributed by atoms with Crippen LogP contribution in [0.15, 0.2) is 0 Å². The Bertz CT molecular complexity index is 137. The smallest absolute Gasteiger partial charge is 0.0763 e. The monoisotopic (exact) mass is 124 g/mol. The molecule has 3 aliphatic rings. The van der Waals surface area contributed by atoms with E-state index in [0.29, 0.717) is 5.66 Å². The van der Waals surface area contributed by atoms with Crippen molar-refractivity contribution in [1.82, 2.24) is 9.80 Å². The zero-order valence-corrected chi connectivity index (χ0v) is 5.64. The molecule has 0 saturated carbocycles. The van der Waals surface area contributed by atoms with Gasteiger partial charge < -0.3 is 0 Å². The Morgan fingerprint density at radius 3 is 1.56 bits per heavy atom. The van der Waals surface area contributed by atoms with Gasteiger partial charge in [-0.3, -0.25) is 9.80 Å². The molecule has 0 amide bonds. The summed E-state index contributed by atoms with van der Waals surface area (Å²) < 4.78 is 0. The molecule has 50 valence electrons. The van der Waals surface area contributed by atoms with Gasteiger partial charge in [-0.15, -0.1) is 0 Å². The molecule has 1 spiro atoms. The average Bonchev–Trinajstić information content (AvgIpc) is 1.85. The number of hydrogen-bond donors (Lipinski definition) is 0. The van der Waals surface area contributed by atoms with Crippen LogP contribution in [0.1, 0.15) is 12.8 Å². The van der Waals surface area contributed by atoms with Gasteiger partial charge >= 0.3 is 0 Å². The lowest BCUT2D eigenvalue weighted by atomic mass is 9.85. The summed E-state index contributed by atoms with van der Waals surface area (Å²) in [5.41, 5.74) is 0.639. The Hall–Kier alpha value is -0.0800. The van der Waals surface area contributed by atoms with E-state index in [2.05, 4.69) is 9.80 Å². The molecule has 0 aliphatic carbocycles. The van der Waals surface area contributed by atoms with E-state index in [4.69, 9.17) is 0 Å². The second-order valence-corrected chi connectivity index (χ2v) is 3.46. The molecule has 3 rings (SSSR count). The summed E-state index contributed by atoms with van der Waals surface area (Å²) >= 11 is 0. The highest BCUT2D eigenvalue weighted by molar-refractivity contribution is 5.10. The highest BCUT2D eigenvalue weighted by Gasteiger charge is 2.58. The standard InChI is InChI=1S/C7H12N2/c1-3-8-5-6-9-4-2-7(1,8)9/h1-6H2. The molecule has 3 fully saturated rings. The summed E-state index contributed by atoms with van der Waals surface area (Å²) in [6.07, 6.45) is 2.90. The van der Waals surface area contributed by atoms with E-state index in [1.54, 1.807) is 0 Å². The van der Waals surface area contributed by atoms with Crippen molar-refractivity contribution in [3.63, 3.8) is 0 Å². The average molecular weight is 124 g/mol. The zero-order valence-electron chi connectivity index (χ0n) is 5.64. The quantitative estimate of drug-likeness (QED) is 0.452. The Balaban J connectivity index is 1.97. The molecule has 0 radical (unpaired) electrons. The van der Waals surface area contributed by atoms with Gasteiger partial charge in [0, 0.05) is 26.2 Å². The Morgan fingerprint density at radius 2 is 1.33 bits per heavy atom. The molecule has 0 N–H and O–H groups in total. The lowest BCUT2D eigenvalue weighted by Crippen LogP contribution is -2.69. The van der Waals surface area contributed by atoms with Crippen LogP contribution >= 0.6 is 0 Å². The van der Waals surface area contributed by atoms with Gasteiger partial charge in [0.05, 0.1) is 5.66 Å². The second kappa shape index (κ2) is 1.18. The number of rotatable bonds is 0. The van der Waals surface area contributed by atoms with Crippen LogP contribution in [0.25, 0.3) is 0 Å². The maximum absolute atomic E-state index is 2.64. The molecule has 0 aromatic heterocycles. The fourth-order valence-corrected chi connectivity index (χ4v) is 2.58. The van der Waals surface area contributed by atoms with Crippen molar-refractivity contribution in [2.45, 2.75) is 18.5 Å². The van der Waals surface area contributed by atoms with Gasteiger partial charge in [0.1, 0.15) is 0 Å². The first-order chi connectivity index (χ1) is 4.42. The molecule has 0 aromatic rings. The van der Waals surface area contributed by atoms with Gasteiger partial charge in [0.15, 0.2) is 0 Å². The van der Waals surface area contributed by atoms with Crippen molar-refractivity contribution >= 4 is 0 Å². The van der Waals surface area contributed by atoms with Crippen molar-refractivity contribution < 1.29 is 0 Å². The summed E-state index contributed by atoms with van der Waals surface area (Å²) in [5.74, 6) is 0. The van der Waals surface area contributed by atoms with Crippen molar-refractivity contribution in [2.75, 3.05) is 26.2 Å². The Morgan fingerprint density at radius 1 is 0.778 bits per heavy atom. The summed E-state index contributed by atoms with van der Waals surface area (Å²) in [7, 11) is 0. The predicted octanol–water partition coefficient (Wildman–Crippen LogP) is 0.108. The summed E-state index contributed by atoms with van der Waals surface area (Å²) in [4.78, 5) is 5.27. The maximum atomic E-state index is 2.64. The lowest BCUT2D eigenvalue weighted by molar-refractivity contribution is -0.138. The van der Waals surface area contributed by atoms with Crippen molar-refractivity contribution in [1.29, 1.82) is 0 Å². The number of nitrogens with zero attached hydrogens (tertiary/aromatic N) is 2. The van der Waals surface area contributed by atoms with Crippen molar-refractivity contribution in [3.05, 3.63) is 0 Å². The molecule has 3 aliphatic heterocycles. The summed E-state index contributed by atoms with van der Waals surface area (Å²) in [5, 5.41) is 0. The first-order valence-electron chi connectivity index (χ1n) is 3.92. The van der Waals surface area contributed by atoms with Crippen LogP contribution in [0.5, 0.6) is 0 Å². The molecule has 3 saturated heterocycles. The molecule has 3 heterocycles. The first kappa shape index (κ1) is 4.69. The summed E-state index contributed by atoms with van der Waals surface area (Å²) in [6.45, 7) is 5.44. The zero-order chi connectivity index (χ0) is 5.90. The summed E-state index contributed by atoms with van der Waals surface area (Å²) in [6, 6.07) is 0. The number of hydrogen-bond acceptors (Lipinski definition) is 2. The van der Waals surface area contributed by atoms with E-state index in [0.717, 1.165) is 0 Å². The van der Waals surface area contributed by atoms with Crippen LogP contribution in [-0.2, 0) is 0 Å². The Kier molecular flexibility index (Phi) is 0.616. The highest BCUT2D eigenvalue weighted by Crippen LogP contribution is 2.47. The SMILES string of the molecule is C1CN2CCC23CCN13. The maximum Gasteiger partial charge on any atom is 0.0763 e. The normalized spacial score (nSPS) is 38.7. The molecule has 2 heteroatoms. The lowest BCUT2D eigenvalue weighted by Gasteiger charge is -2.59. The second-order valence-electron chi connectivity index (χ2n) is 3.46. The molecule has 0 atom stereocenters. The molecule has 2 nitrogen and oxygen atoms in total.